The summed E-state index contributed by atoms with van der Waals surface area (Å²) in [6.45, 7) is 0.0454. The van der Waals surface area contributed by atoms with Crippen molar-refractivity contribution in [2.24, 2.45) is 0 Å². The fraction of sp³-hybridized carbons (Fsp3) is 0.190. The Balaban J connectivity index is 1.27. The molecule has 2 aromatic carbocycles. The van der Waals surface area contributed by atoms with Crippen molar-refractivity contribution >= 4 is 11.9 Å². The first-order chi connectivity index (χ1) is 14.6. The second kappa shape index (κ2) is 8.64. The van der Waals surface area contributed by atoms with Gasteiger partial charge in [0, 0.05) is 5.69 Å². The molecule has 1 aliphatic heterocycles. The molecular formula is C21H18FN3O5. The Morgan fingerprint density at radius 3 is 2.73 bits per heavy atom. The predicted octanol–water partition coefficient (Wildman–Crippen LogP) is 2.12. The van der Waals surface area contributed by atoms with Crippen LogP contribution in [0.25, 0.3) is 5.69 Å². The van der Waals surface area contributed by atoms with Gasteiger partial charge >= 0.3 is 5.97 Å². The number of aromatic nitrogens is 2. The Morgan fingerprint density at radius 1 is 1.17 bits per heavy atom. The molecule has 154 valence electrons. The maximum absolute atomic E-state index is 13.1. The number of nitrogens with zero attached hydrogens (tertiary/aromatic N) is 2. The van der Waals surface area contributed by atoms with E-state index in [0.717, 1.165) is 0 Å². The molecule has 1 N–H and O–H groups in total. The lowest BCUT2D eigenvalue weighted by Crippen LogP contribution is -2.42. The molecule has 8 nitrogen and oxygen atoms in total. The highest BCUT2D eigenvalue weighted by Gasteiger charge is 2.22. The van der Waals surface area contributed by atoms with Crippen molar-refractivity contribution in [2.45, 2.75) is 6.10 Å². The van der Waals surface area contributed by atoms with Crippen LogP contribution < -0.4 is 14.8 Å². The van der Waals surface area contributed by atoms with Gasteiger partial charge in [-0.3, -0.25) is 9.36 Å². The fourth-order valence-corrected chi connectivity index (χ4v) is 2.90. The van der Waals surface area contributed by atoms with E-state index in [-0.39, 0.29) is 18.3 Å². The van der Waals surface area contributed by atoms with Crippen LogP contribution in [0, 0.1) is 5.82 Å². The SMILES string of the molecule is O=C(COC(=O)c1cncn1-c1ccc(F)cc1)NCC1COc2ccccc2O1. The highest BCUT2D eigenvalue weighted by Crippen LogP contribution is 2.30. The summed E-state index contributed by atoms with van der Waals surface area (Å²) < 4.78 is 31.0. The summed E-state index contributed by atoms with van der Waals surface area (Å²) in [4.78, 5) is 28.3. The van der Waals surface area contributed by atoms with E-state index in [4.69, 9.17) is 14.2 Å². The molecule has 0 fully saturated rings. The zero-order valence-corrected chi connectivity index (χ0v) is 15.8. The average molecular weight is 411 g/mol. The number of fused-ring (bicyclic) bond motifs is 1. The third kappa shape index (κ3) is 4.40. The van der Waals surface area contributed by atoms with Crippen LogP contribution in [0.1, 0.15) is 10.5 Å². The molecule has 1 aromatic heterocycles. The molecule has 0 saturated heterocycles. The van der Waals surface area contributed by atoms with Crippen molar-refractivity contribution in [1.82, 2.24) is 14.9 Å². The number of halogens is 1. The number of hydrogen-bond donors (Lipinski definition) is 1. The first-order valence-corrected chi connectivity index (χ1v) is 9.21. The number of amides is 1. The number of imidazole rings is 1. The number of esters is 1. The molecule has 1 atom stereocenters. The number of nitrogens with one attached hydrogen (secondary N) is 1. The average Bonchev–Trinajstić information content (AvgIpc) is 3.26. The zero-order valence-electron chi connectivity index (χ0n) is 15.8. The standard InChI is InChI=1S/C21H18FN3O5/c22-14-5-7-15(8-6-14)25-13-23-10-17(25)21(27)29-12-20(26)24-9-16-11-28-18-3-1-2-4-19(18)30-16/h1-8,10,13,16H,9,11-12H2,(H,24,26). The Hall–Kier alpha value is -3.88. The highest BCUT2D eigenvalue weighted by molar-refractivity contribution is 5.90. The van der Waals surface area contributed by atoms with Gasteiger partial charge in [0.15, 0.2) is 23.8 Å². The normalized spacial score (nSPS) is 14.8. The second-order valence-corrected chi connectivity index (χ2v) is 6.50. The Labute approximate surface area is 171 Å². The van der Waals surface area contributed by atoms with Gasteiger partial charge in [-0.15, -0.1) is 0 Å². The van der Waals surface area contributed by atoms with E-state index < -0.39 is 24.3 Å². The lowest BCUT2D eigenvalue weighted by atomic mass is 10.2. The van der Waals surface area contributed by atoms with Crippen LogP contribution in [-0.4, -0.2) is 47.3 Å². The van der Waals surface area contributed by atoms with Crippen molar-refractivity contribution in [2.75, 3.05) is 19.8 Å². The van der Waals surface area contributed by atoms with Crippen LogP contribution in [0.3, 0.4) is 0 Å². The zero-order chi connectivity index (χ0) is 20.9. The molecule has 1 amide bonds. The molecule has 2 heterocycles. The molecule has 3 aromatic rings. The van der Waals surface area contributed by atoms with E-state index >= 15 is 0 Å². The number of carbonyl (C=O) groups excluding carboxylic acids is 2. The molecule has 0 saturated carbocycles. The van der Waals surface area contributed by atoms with E-state index in [1.807, 2.05) is 12.1 Å². The van der Waals surface area contributed by atoms with Gasteiger partial charge in [-0.05, 0) is 36.4 Å². The predicted molar refractivity (Wildman–Crippen MR) is 103 cm³/mol. The minimum Gasteiger partial charge on any atom is -0.486 e. The molecule has 0 aliphatic carbocycles. The fourth-order valence-electron chi connectivity index (χ4n) is 2.90. The molecule has 9 heteroatoms. The maximum atomic E-state index is 13.1. The number of para-hydroxylation sites is 2. The molecule has 1 unspecified atom stereocenters. The number of benzene rings is 2. The van der Waals surface area contributed by atoms with Crippen LogP contribution in [0.4, 0.5) is 4.39 Å². The Bertz CT molecular complexity index is 1050. The van der Waals surface area contributed by atoms with Crippen molar-refractivity contribution in [3.05, 3.63) is 72.6 Å². The van der Waals surface area contributed by atoms with Crippen molar-refractivity contribution in [3.8, 4) is 17.2 Å². The smallest absolute Gasteiger partial charge is 0.357 e. The topological polar surface area (TPSA) is 91.7 Å². The molecule has 0 radical (unpaired) electrons. The van der Waals surface area contributed by atoms with Crippen LogP contribution in [0.15, 0.2) is 61.1 Å². The van der Waals surface area contributed by atoms with Crippen molar-refractivity contribution < 1.29 is 28.2 Å². The summed E-state index contributed by atoms with van der Waals surface area (Å²) in [5.41, 5.74) is 0.662. The first-order valence-electron chi connectivity index (χ1n) is 9.21. The number of hydrogen-bond acceptors (Lipinski definition) is 6. The molecule has 0 spiro atoms. The van der Waals surface area contributed by atoms with E-state index in [1.165, 1.54) is 41.4 Å². The minimum absolute atomic E-state index is 0.120. The summed E-state index contributed by atoms with van der Waals surface area (Å²) in [6, 6.07) is 12.8. The molecule has 4 rings (SSSR count). The van der Waals surface area contributed by atoms with E-state index in [0.29, 0.717) is 23.8 Å². The van der Waals surface area contributed by atoms with Crippen LogP contribution in [0.2, 0.25) is 0 Å². The molecule has 30 heavy (non-hydrogen) atoms. The van der Waals surface area contributed by atoms with Gasteiger partial charge in [-0.1, -0.05) is 12.1 Å². The largest absolute Gasteiger partial charge is 0.486 e. The van der Waals surface area contributed by atoms with Crippen LogP contribution in [0.5, 0.6) is 11.5 Å². The second-order valence-electron chi connectivity index (χ2n) is 6.50. The summed E-state index contributed by atoms with van der Waals surface area (Å²) in [6.07, 6.45) is 2.37. The highest BCUT2D eigenvalue weighted by atomic mass is 19.1. The van der Waals surface area contributed by atoms with Gasteiger partial charge in [-0.25, -0.2) is 14.2 Å². The van der Waals surface area contributed by atoms with Gasteiger partial charge in [-0.2, -0.15) is 0 Å². The van der Waals surface area contributed by atoms with Gasteiger partial charge < -0.3 is 19.5 Å². The van der Waals surface area contributed by atoms with Gasteiger partial charge in [0.2, 0.25) is 0 Å². The minimum atomic E-state index is -0.724. The van der Waals surface area contributed by atoms with E-state index in [9.17, 15) is 14.0 Å². The van der Waals surface area contributed by atoms with Crippen LogP contribution in [-0.2, 0) is 9.53 Å². The maximum Gasteiger partial charge on any atom is 0.357 e. The number of rotatable bonds is 6. The summed E-state index contributed by atoms with van der Waals surface area (Å²) in [7, 11) is 0. The van der Waals surface area contributed by atoms with E-state index in [2.05, 4.69) is 10.3 Å². The van der Waals surface area contributed by atoms with Gasteiger partial charge in [0.05, 0.1) is 19.1 Å². The lowest BCUT2D eigenvalue weighted by molar-refractivity contribution is -0.124. The third-order valence-electron chi connectivity index (χ3n) is 4.38. The summed E-state index contributed by atoms with van der Waals surface area (Å²) in [5.74, 6) is -0.317. The summed E-state index contributed by atoms with van der Waals surface area (Å²) >= 11 is 0. The Morgan fingerprint density at radius 2 is 1.93 bits per heavy atom. The van der Waals surface area contributed by atoms with Crippen LogP contribution >= 0.6 is 0 Å². The van der Waals surface area contributed by atoms with Gasteiger partial charge in [0.1, 0.15) is 18.5 Å². The Kier molecular flexibility index (Phi) is 5.60. The van der Waals surface area contributed by atoms with Crippen molar-refractivity contribution in [1.29, 1.82) is 0 Å². The molecule has 1 aliphatic rings. The van der Waals surface area contributed by atoms with Crippen molar-refractivity contribution in [3.63, 3.8) is 0 Å². The van der Waals surface area contributed by atoms with E-state index in [1.54, 1.807) is 12.1 Å². The van der Waals surface area contributed by atoms with Gasteiger partial charge in [0.25, 0.3) is 5.91 Å². The third-order valence-corrected chi connectivity index (χ3v) is 4.38. The molecule has 0 bridgehead atoms. The monoisotopic (exact) mass is 411 g/mol. The quantitative estimate of drug-likeness (QED) is 0.625. The number of ether oxygens (including phenoxy) is 3. The lowest BCUT2D eigenvalue weighted by Gasteiger charge is -2.26. The number of carbonyl (C=O) groups is 2. The summed E-state index contributed by atoms with van der Waals surface area (Å²) in [5, 5.41) is 2.65. The first kappa shape index (κ1) is 19.4. The molecular weight excluding hydrogens is 393 g/mol.